The van der Waals surface area contributed by atoms with Gasteiger partial charge in [-0.05, 0) is 18.6 Å². The summed E-state index contributed by atoms with van der Waals surface area (Å²) in [5.74, 6) is 0.642. The molecule has 2 aromatic heterocycles. The number of aryl methyl sites for hydroxylation is 1. The van der Waals surface area contributed by atoms with Gasteiger partial charge in [0.25, 0.3) is 0 Å². The summed E-state index contributed by atoms with van der Waals surface area (Å²) in [6.07, 6.45) is 4.90. The smallest absolute Gasteiger partial charge is 0.193 e. The highest BCUT2D eigenvalue weighted by molar-refractivity contribution is 5.58. The average molecular weight is 230 g/mol. The van der Waals surface area contributed by atoms with E-state index in [1.165, 1.54) is 0 Å². The minimum absolute atomic E-state index is 0.316. The normalized spacial score (nSPS) is 10.4. The second-order valence-electron chi connectivity index (χ2n) is 3.81. The molecular formula is C12H14N4O. The molecule has 0 aliphatic heterocycles. The molecule has 0 bridgehead atoms. The summed E-state index contributed by atoms with van der Waals surface area (Å²) in [4.78, 5) is 0. The van der Waals surface area contributed by atoms with Crippen LogP contribution in [0.15, 0.2) is 22.8 Å². The average Bonchev–Trinajstić information content (AvgIpc) is 2.96. The van der Waals surface area contributed by atoms with Crippen LogP contribution in [0.5, 0.6) is 0 Å². The van der Waals surface area contributed by atoms with Gasteiger partial charge in [-0.3, -0.25) is 0 Å². The van der Waals surface area contributed by atoms with Crippen molar-refractivity contribution in [2.45, 2.75) is 32.7 Å². The van der Waals surface area contributed by atoms with Crippen molar-refractivity contribution in [2.24, 2.45) is 0 Å². The molecule has 2 rings (SSSR count). The predicted molar refractivity (Wildman–Crippen MR) is 62.0 cm³/mol. The highest BCUT2D eigenvalue weighted by Crippen LogP contribution is 2.22. The van der Waals surface area contributed by atoms with Gasteiger partial charge in [-0.1, -0.05) is 25.0 Å². The predicted octanol–water partition coefficient (Wildman–Crippen LogP) is 2.60. The topological polar surface area (TPSA) is 67.6 Å². The Balaban J connectivity index is 2.28. The van der Waals surface area contributed by atoms with Crippen LogP contribution in [-0.4, -0.2) is 15.0 Å². The highest BCUT2D eigenvalue weighted by Gasteiger charge is 2.16. The largest absolute Gasteiger partial charge is 0.463 e. The van der Waals surface area contributed by atoms with Crippen molar-refractivity contribution in [3.05, 3.63) is 24.1 Å². The molecule has 5 heteroatoms. The molecule has 5 nitrogen and oxygen atoms in total. The van der Waals surface area contributed by atoms with Gasteiger partial charge in [0.15, 0.2) is 11.5 Å². The van der Waals surface area contributed by atoms with Crippen molar-refractivity contribution in [2.75, 3.05) is 0 Å². The fourth-order valence-corrected chi connectivity index (χ4v) is 1.71. The molecule has 0 aliphatic carbocycles. The lowest BCUT2D eigenvalue weighted by Gasteiger charge is -2.03. The van der Waals surface area contributed by atoms with Crippen LogP contribution in [0.4, 0.5) is 0 Å². The quantitative estimate of drug-likeness (QED) is 0.740. The number of furan rings is 1. The Morgan fingerprint density at radius 2 is 2.35 bits per heavy atom. The van der Waals surface area contributed by atoms with Gasteiger partial charge in [-0.15, -0.1) is 5.10 Å². The molecule has 17 heavy (non-hydrogen) atoms. The first kappa shape index (κ1) is 11.4. The van der Waals surface area contributed by atoms with Gasteiger partial charge in [-0.25, -0.2) is 4.68 Å². The molecule has 88 valence electrons. The minimum atomic E-state index is 0.316. The van der Waals surface area contributed by atoms with E-state index in [9.17, 15) is 0 Å². The van der Waals surface area contributed by atoms with E-state index in [2.05, 4.69) is 17.2 Å². The van der Waals surface area contributed by atoms with E-state index in [1.54, 1.807) is 17.0 Å². The van der Waals surface area contributed by atoms with Gasteiger partial charge in [-0.2, -0.15) is 5.26 Å². The van der Waals surface area contributed by atoms with Gasteiger partial charge in [0.2, 0.25) is 0 Å². The second kappa shape index (κ2) is 5.30. The Hall–Kier alpha value is -2.09. The van der Waals surface area contributed by atoms with Crippen LogP contribution in [0.2, 0.25) is 0 Å². The number of rotatable bonds is 5. The first-order chi connectivity index (χ1) is 8.36. The Labute approximate surface area is 99.7 Å². The molecular weight excluding hydrogens is 216 g/mol. The lowest BCUT2D eigenvalue weighted by atomic mass is 10.2. The lowest BCUT2D eigenvalue weighted by Crippen LogP contribution is -2.02. The third-order valence-corrected chi connectivity index (χ3v) is 2.57. The maximum atomic E-state index is 8.99. The number of nitriles is 1. The number of hydrogen-bond acceptors (Lipinski definition) is 4. The van der Waals surface area contributed by atoms with Crippen LogP contribution in [0.3, 0.4) is 0 Å². The summed E-state index contributed by atoms with van der Waals surface area (Å²) in [6.45, 7) is 2.91. The Morgan fingerprint density at radius 1 is 1.47 bits per heavy atom. The van der Waals surface area contributed by atoms with Crippen LogP contribution in [0.1, 0.15) is 31.9 Å². The van der Waals surface area contributed by atoms with Gasteiger partial charge in [0, 0.05) is 6.54 Å². The zero-order valence-corrected chi connectivity index (χ0v) is 9.76. The molecule has 2 aromatic rings. The number of unbranched alkanes of at least 4 members (excludes halogenated alkanes) is 2. The van der Waals surface area contributed by atoms with E-state index in [1.807, 2.05) is 12.1 Å². The van der Waals surface area contributed by atoms with Gasteiger partial charge in [0.05, 0.1) is 6.26 Å². The maximum Gasteiger partial charge on any atom is 0.193 e. The SMILES string of the molecule is CCCCCn1nnc(C#N)c1-c1ccco1. The number of aromatic nitrogens is 3. The van der Waals surface area contributed by atoms with Gasteiger partial charge in [0.1, 0.15) is 11.8 Å². The lowest BCUT2D eigenvalue weighted by molar-refractivity contribution is 0.524. The third-order valence-electron chi connectivity index (χ3n) is 2.57. The summed E-state index contributed by atoms with van der Waals surface area (Å²) in [6, 6.07) is 5.65. The van der Waals surface area contributed by atoms with E-state index in [0.29, 0.717) is 17.1 Å². The van der Waals surface area contributed by atoms with Gasteiger partial charge < -0.3 is 4.42 Å². The maximum absolute atomic E-state index is 8.99. The minimum Gasteiger partial charge on any atom is -0.463 e. The molecule has 0 saturated carbocycles. The van der Waals surface area contributed by atoms with E-state index in [-0.39, 0.29) is 0 Å². The van der Waals surface area contributed by atoms with Crippen molar-refractivity contribution in [3.63, 3.8) is 0 Å². The van der Waals surface area contributed by atoms with Gasteiger partial charge >= 0.3 is 0 Å². The van der Waals surface area contributed by atoms with Crippen LogP contribution in [-0.2, 0) is 6.54 Å². The monoisotopic (exact) mass is 230 g/mol. The van der Waals surface area contributed by atoms with Crippen LogP contribution in [0, 0.1) is 11.3 Å². The molecule has 0 spiro atoms. The molecule has 0 aliphatic rings. The van der Waals surface area contributed by atoms with E-state index in [0.717, 1.165) is 25.8 Å². The first-order valence-electron chi connectivity index (χ1n) is 5.74. The molecule has 0 N–H and O–H groups in total. The number of hydrogen-bond donors (Lipinski definition) is 0. The molecule has 0 atom stereocenters. The molecule has 0 saturated heterocycles. The standard InChI is InChI=1S/C12H14N4O/c1-2-3-4-7-16-12(10(9-13)14-15-16)11-6-5-8-17-11/h5-6,8H,2-4,7H2,1H3. The molecule has 0 unspecified atom stereocenters. The summed E-state index contributed by atoms with van der Waals surface area (Å²) in [7, 11) is 0. The third kappa shape index (κ3) is 2.36. The Kier molecular flexibility index (Phi) is 3.55. The highest BCUT2D eigenvalue weighted by atomic mass is 16.3. The fraction of sp³-hybridized carbons (Fsp3) is 0.417. The van der Waals surface area contributed by atoms with Crippen molar-refractivity contribution in [1.29, 1.82) is 5.26 Å². The second-order valence-corrected chi connectivity index (χ2v) is 3.81. The summed E-state index contributed by atoms with van der Waals surface area (Å²) in [5, 5.41) is 16.9. The zero-order chi connectivity index (χ0) is 12.1. The van der Waals surface area contributed by atoms with E-state index in [4.69, 9.17) is 9.68 Å². The first-order valence-corrected chi connectivity index (χ1v) is 5.74. The van der Waals surface area contributed by atoms with Crippen LogP contribution in [0.25, 0.3) is 11.5 Å². The van der Waals surface area contributed by atoms with E-state index >= 15 is 0 Å². The molecule has 0 fully saturated rings. The Morgan fingerprint density at radius 3 is 3.00 bits per heavy atom. The summed E-state index contributed by atoms with van der Waals surface area (Å²) in [5.41, 5.74) is 0.991. The van der Waals surface area contributed by atoms with Crippen LogP contribution < -0.4 is 0 Å². The summed E-state index contributed by atoms with van der Waals surface area (Å²) < 4.78 is 7.06. The zero-order valence-electron chi connectivity index (χ0n) is 9.76. The van der Waals surface area contributed by atoms with Crippen molar-refractivity contribution < 1.29 is 4.42 Å². The molecule has 0 aromatic carbocycles. The van der Waals surface area contributed by atoms with Crippen molar-refractivity contribution in [1.82, 2.24) is 15.0 Å². The van der Waals surface area contributed by atoms with E-state index < -0.39 is 0 Å². The van der Waals surface area contributed by atoms with Crippen molar-refractivity contribution in [3.8, 4) is 17.5 Å². The molecule has 0 amide bonds. The fourth-order valence-electron chi connectivity index (χ4n) is 1.71. The Bertz CT molecular complexity index is 507. The summed E-state index contributed by atoms with van der Waals surface area (Å²) >= 11 is 0. The molecule has 2 heterocycles. The molecule has 0 radical (unpaired) electrons. The van der Waals surface area contributed by atoms with Crippen molar-refractivity contribution >= 4 is 0 Å². The number of nitrogens with zero attached hydrogens (tertiary/aromatic N) is 4. The van der Waals surface area contributed by atoms with Crippen LogP contribution >= 0.6 is 0 Å².